The van der Waals surface area contributed by atoms with E-state index in [-0.39, 0.29) is 34.1 Å². The molecule has 0 unspecified atom stereocenters. The molecule has 1 fully saturated rings. The average Bonchev–Trinajstić information content (AvgIpc) is 2.63. The third kappa shape index (κ3) is 5.18. The van der Waals surface area contributed by atoms with Crippen molar-refractivity contribution < 1.29 is 22.7 Å². The molecule has 0 aliphatic heterocycles. The van der Waals surface area contributed by atoms with Crippen molar-refractivity contribution in [2.45, 2.75) is 43.5 Å². The summed E-state index contributed by atoms with van der Waals surface area (Å²) in [6.07, 6.45) is 3.96. The summed E-state index contributed by atoms with van der Waals surface area (Å²) in [4.78, 5) is 12.2. The van der Waals surface area contributed by atoms with E-state index in [0.717, 1.165) is 25.7 Å². The van der Waals surface area contributed by atoms with Crippen LogP contribution in [0.25, 0.3) is 0 Å². The molecule has 8 heteroatoms. The highest BCUT2D eigenvalue weighted by atomic mass is 32.2. The minimum Gasteiger partial charge on any atom is -0.495 e. The van der Waals surface area contributed by atoms with Crippen LogP contribution in [0, 0.1) is 5.92 Å². The van der Waals surface area contributed by atoms with Crippen molar-refractivity contribution in [3.8, 4) is 5.75 Å². The molecule has 2 N–H and O–H groups in total. The van der Waals surface area contributed by atoms with E-state index in [1.54, 1.807) is 13.2 Å². The molecule has 0 saturated heterocycles. The van der Waals surface area contributed by atoms with E-state index in [2.05, 4.69) is 17.0 Å². The molecule has 26 heavy (non-hydrogen) atoms. The molecule has 7 nitrogen and oxygen atoms in total. The number of amides is 1. The standard InChI is InChI=1S/C18H28N2O5S/c1-13-6-4-5-7-15(13)20-26(22,23)17-12-14(8-9-16(17)25-3)18(21)19-10-11-24-2/h8-9,12-13,15,20H,4-7,10-11H2,1-3H3,(H,19,21)/t13-,15+/m1/s1. The Morgan fingerprint density at radius 2 is 1.96 bits per heavy atom. The number of carbonyl (C=O) groups is 1. The van der Waals surface area contributed by atoms with E-state index in [1.807, 2.05) is 0 Å². The molecule has 0 spiro atoms. The minimum atomic E-state index is -3.80. The van der Waals surface area contributed by atoms with Gasteiger partial charge in [0.05, 0.1) is 13.7 Å². The summed E-state index contributed by atoms with van der Waals surface area (Å²) in [7, 11) is -0.840. The Morgan fingerprint density at radius 1 is 1.23 bits per heavy atom. The molecule has 1 amide bonds. The maximum Gasteiger partial charge on any atom is 0.251 e. The maximum atomic E-state index is 12.9. The van der Waals surface area contributed by atoms with Gasteiger partial charge in [-0.15, -0.1) is 0 Å². The van der Waals surface area contributed by atoms with E-state index < -0.39 is 10.0 Å². The third-order valence-electron chi connectivity index (χ3n) is 4.73. The van der Waals surface area contributed by atoms with Gasteiger partial charge in [0.1, 0.15) is 10.6 Å². The number of rotatable bonds is 8. The van der Waals surface area contributed by atoms with Crippen LogP contribution in [-0.2, 0) is 14.8 Å². The van der Waals surface area contributed by atoms with Gasteiger partial charge in [0.15, 0.2) is 0 Å². The zero-order chi connectivity index (χ0) is 19.2. The lowest BCUT2D eigenvalue weighted by Gasteiger charge is -2.29. The lowest BCUT2D eigenvalue weighted by atomic mass is 9.87. The van der Waals surface area contributed by atoms with E-state index >= 15 is 0 Å². The second kappa shape index (κ2) is 9.34. The van der Waals surface area contributed by atoms with Crippen LogP contribution in [0.2, 0.25) is 0 Å². The lowest BCUT2D eigenvalue weighted by Crippen LogP contribution is -2.41. The topological polar surface area (TPSA) is 93.7 Å². The van der Waals surface area contributed by atoms with E-state index in [0.29, 0.717) is 13.2 Å². The Morgan fingerprint density at radius 3 is 2.62 bits per heavy atom. The Hall–Kier alpha value is -1.64. The first-order valence-corrected chi connectivity index (χ1v) is 10.3. The van der Waals surface area contributed by atoms with Crippen LogP contribution in [0.3, 0.4) is 0 Å². The van der Waals surface area contributed by atoms with Gasteiger partial charge in [-0.1, -0.05) is 19.8 Å². The molecule has 1 aromatic carbocycles. The molecule has 0 bridgehead atoms. The molecule has 2 atom stereocenters. The van der Waals surface area contributed by atoms with Crippen molar-refractivity contribution >= 4 is 15.9 Å². The Balaban J connectivity index is 2.24. The van der Waals surface area contributed by atoms with Crippen LogP contribution < -0.4 is 14.8 Å². The van der Waals surface area contributed by atoms with Crippen molar-refractivity contribution in [1.82, 2.24) is 10.0 Å². The van der Waals surface area contributed by atoms with Crippen LogP contribution in [0.5, 0.6) is 5.75 Å². The molecule has 146 valence electrons. The van der Waals surface area contributed by atoms with Crippen molar-refractivity contribution in [3.63, 3.8) is 0 Å². The highest BCUT2D eigenvalue weighted by Gasteiger charge is 2.29. The lowest BCUT2D eigenvalue weighted by molar-refractivity contribution is 0.0937. The zero-order valence-electron chi connectivity index (χ0n) is 15.6. The average molecular weight is 384 g/mol. The second-order valence-corrected chi connectivity index (χ2v) is 8.29. The number of methoxy groups -OCH3 is 2. The third-order valence-corrected chi connectivity index (χ3v) is 6.24. The SMILES string of the molecule is COCCNC(=O)c1ccc(OC)c(S(=O)(=O)N[C@H]2CCCC[C@H]2C)c1. The zero-order valence-corrected chi connectivity index (χ0v) is 16.4. The first-order valence-electron chi connectivity index (χ1n) is 8.86. The summed E-state index contributed by atoms with van der Waals surface area (Å²) in [6.45, 7) is 2.79. The number of sulfonamides is 1. The quantitative estimate of drug-likeness (QED) is 0.668. The summed E-state index contributed by atoms with van der Waals surface area (Å²) in [5, 5.41) is 2.68. The highest BCUT2D eigenvalue weighted by molar-refractivity contribution is 7.89. The van der Waals surface area contributed by atoms with Crippen molar-refractivity contribution in [3.05, 3.63) is 23.8 Å². The van der Waals surface area contributed by atoms with Gasteiger partial charge < -0.3 is 14.8 Å². The van der Waals surface area contributed by atoms with Crippen molar-refractivity contribution in [1.29, 1.82) is 0 Å². The van der Waals surface area contributed by atoms with Gasteiger partial charge in [0.2, 0.25) is 10.0 Å². The number of nitrogens with one attached hydrogen (secondary N) is 2. The predicted molar refractivity (Wildman–Crippen MR) is 98.9 cm³/mol. The molecule has 0 heterocycles. The molecule has 2 rings (SSSR count). The second-order valence-electron chi connectivity index (χ2n) is 6.60. The highest BCUT2D eigenvalue weighted by Crippen LogP contribution is 2.29. The van der Waals surface area contributed by atoms with E-state index in [1.165, 1.54) is 19.2 Å². The molecular weight excluding hydrogens is 356 g/mol. The van der Waals surface area contributed by atoms with Crippen LogP contribution in [0.1, 0.15) is 43.0 Å². The summed E-state index contributed by atoms with van der Waals surface area (Å²) in [5.74, 6) is 0.145. The fraction of sp³-hybridized carbons (Fsp3) is 0.611. The smallest absolute Gasteiger partial charge is 0.251 e. The fourth-order valence-electron chi connectivity index (χ4n) is 3.15. The number of carbonyl (C=O) groups excluding carboxylic acids is 1. The van der Waals surface area contributed by atoms with Crippen LogP contribution in [0.4, 0.5) is 0 Å². The van der Waals surface area contributed by atoms with Crippen LogP contribution in [-0.4, -0.2) is 47.7 Å². The van der Waals surface area contributed by atoms with Crippen LogP contribution in [0.15, 0.2) is 23.1 Å². The molecule has 1 aromatic rings. The largest absolute Gasteiger partial charge is 0.495 e. The van der Waals surface area contributed by atoms with Gasteiger partial charge in [-0.2, -0.15) is 0 Å². The van der Waals surface area contributed by atoms with Crippen molar-refractivity contribution in [2.75, 3.05) is 27.4 Å². The fourth-order valence-corrected chi connectivity index (χ4v) is 4.72. The monoisotopic (exact) mass is 384 g/mol. The molecule has 1 saturated carbocycles. The summed E-state index contributed by atoms with van der Waals surface area (Å²) in [5.41, 5.74) is 0.263. The van der Waals surface area contributed by atoms with E-state index in [4.69, 9.17) is 9.47 Å². The number of ether oxygens (including phenoxy) is 2. The van der Waals surface area contributed by atoms with Gasteiger partial charge in [-0.05, 0) is 37.0 Å². The summed E-state index contributed by atoms with van der Waals surface area (Å²) < 4.78 is 38.7. The summed E-state index contributed by atoms with van der Waals surface area (Å²) in [6, 6.07) is 4.31. The van der Waals surface area contributed by atoms with Gasteiger partial charge in [0.25, 0.3) is 5.91 Å². The first-order chi connectivity index (χ1) is 12.4. The van der Waals surface area contributed by atoms with Gasteiger partial charge in [-0.3, -0.25) is 4.79 Å². The first kappa shape index (κ1) is 20.7. The maximum absolute atomic E-state index is 12.9. The molecule has 1 aliphatic rings. The van der Waals surface area contributed by atoms with Crippen molar-refractivity contribution in [2.24, 2.45) is 5.92 Å². The minimum absolute atomic E-state index is 0.0165. The van der Waals surface area contributed by atoms with Crippen LogP contribution >= 0.6 is 0 Å². The molecule has 0 radical (unpaired) electrons. The Labute approximate surface area is 155 Å². The van der Waals surface area contributed by atoms with Gasteiger partial charge in [0, 0.05) is 25.3 Å². The number of hydrogen-bond acceptors (Lipinski definition) is 5. The Bertz CT molecular complexity index is 720. The summed E-state index contributed by atoms with van der Waals surface area (Å²) >= 11 is 0. The molecule has 1 aliphatic carbocycles. The van der Waals surface area contributed by atoms with Gasteiger partial charge >= 0.3 is 0 Å². The van der Waals surface area contributed by atoms with Gasteiger partial charge in [-0.25, -0.2) is 13.1 Å². The number of benzene rings is 1. The molecule has 0 aromatic heterocycles. The predicted octanol–water partition coefficient (Wildman–Crippen LogP) is 1.93. The molecular formula is C18H28N2O5S. The normalized spacial score (nSPS) is 20.6. The Kier molecular flexibility index (Phi) is 7.43. The number of hydrogen-bond donors (Lipinski definition) is 2. The van der Waals surface area contributed by atoms with E-state index in [9.17, 15) is 13.2 Å².